The Balaban J connectivity index is 2.08. The molecule has 0 saturated carbocycles. The van der Waals surface area contributed by atoms with Crippen LogP contribution in [0.4, 0.5) is 5.69 Å². The molecular weight excluding hydrogens is 278 g/mol. The maximum absolute atomic E-state index is 11.9. The molecule has 0 fully saturated rings. The van der Waals surface area contributed by atoms with E-state index in [0.717, 1.165) is 5.56 Å². The molecule has 0 aliphatic heterocycles. The Morgan fingerprint density at radius 2 is 1.70 bits per heavy atom. The first-order chi connectivity index (χ1) is 9.56. The molecule has 0 saturated heterocycles. The van der Waals surface area contributed by atoms with E-state index in [9.17, 15) is 9.59 Å². The van der Waals surface area contributed by atoms with Gasteiger partial charge in [-0.2, -0.15) is 0 Å². The topological polar surface area (TPSA) is 66.4 Å². The van der Waals surface area contributed by atoms with E-state index >= 15 is 0 Å². The second kappa shape index (κ2) is 6.21. The smallest absolute Gasteiger partial charge is 0.337 e. The van der Waals surface area contributed by atoms with Crippen molar-refractivity contribution in [2.24, 2.45) is 0 Å². The summed E-state index contributed by atoms with van der Waals surface area (Å²) in [4.78, 5) is 22.9. The molecule has 2 aromatic rings. The highest BCUT2D eigenvalue weighted by atomic mass is 35.5. The molecular formula is C15H12ClNO3. The predicted octanol–water partition coefficient (Wildman–Crippen LogP) is 3.22. The number of rotatable bonds is 4. The van der Waals surface area contributed by atoms with E-state index in [1.54, 1.807) is 42.5 Å². The largest absolute Gasteiger partial charge is 0.478 e. The standard InChI is InChI=1S/C15H12ClNO3/c16-11-7-5-10(6-8-11)9-14(18)17-13-4-2-1-3-12(13)15(19)20/h1-8H,9H2,(H,17,18)(H,19,20). The number of benzene rings is 2. The van der Waals surface area contributed by atoms with E-state index in [1.165, 1.54) is 6.07 Å². The van der Waals surface area contributed by atoms with Gasteiger partial charge in [0.25, 0.3) is 0 Å². The van der Waals surface area contributed by atoms with Crippen molar-refractivity contribution < 1.29 is 14.7 Å². The Morgan fingerprint density at radius 1 is 1.05 bits per heavy atom. The van der Waals surface area contributed by atoms with Crippen LogP contribution in [0, 0.1) is 0 Å². The van der Waals surface area contributed by atoms with Crippen molar-refractivity contribution in [3.05, 3.63) is 64.7 Å². The van der Waals surface area contributed by atoms with Gasteiger partial charge in [0.2, 0.25) is 5.91 Å². The van der Waals surface area contributed by atoms with Gasteiger partial charge in [0, 0.05) is 5.02 Å². The molecule has 20 heavy (non-hydrogen) atoms. The number of anilines is 1. The first-order valence-electron chi connectivity index (χ1n) is 5.93. The summed E-state index contributed by atoms with van der Waals surface area (Å²) in [5.41, 5.74) is 1.16. The third-order valence-electron chi connectivity index (χ3n) is 2.71. The van der Waals surface area contributed by atoms with Crippen molar-refractivity contribution >= 4 is 29.2 Å². The van der Waals surface area contributed by atoms with Crippen molar-refractivity contribution in [2.45, 2.75) is 6.42 Å². The summed E-state index contributed by atoms with van der Waals surface area (Å²) in [6.45, 7) is 0. The molecule has 5 heteroatoms. The number of para-hydroxylation sites is 1. The van der Waals surface area contributed by atoms with Crippen LogP contribution in [0.15, 0.2) is 48.5 Å². The number of nitrogens with one attached hydrogen (secondary N) is 1. The van der Waals surface area contributed by atoms with Gasteiger partial charge in [0.1, 0.15) is 0 Å². The zero-order valence-electron chi connectivity index (χ0n) is 10.5. The molecule has 0 aromatic heterocycles. The van der Waals surface area contributed by atoms with Gasteiger partial charge in [0.05, 0.1) is 17.7 Å². The maximum Gasteiger partial charge on any atom is 0.337 e. The molecule has 2 aromatic carbocycles. The second-order valence-corrected chi connectivity index (χ2v) is 4.64. The minimum absolute atomic E-state index is 0.0666. The van der Waals surface area contributed by atoms with E-state index in [1.807, 2.05) is 0 Å². The SMILES string of the molecule is O=C(Cc1ccc(Cl)cc1)Nc1ccccc1C(=O)O. The molecule has 102 valence electrons. The Hall–Kier alpha value is -2.33. The van der Waals surface area contributed by atoms with Crippen LogP contribution in [0.3, 0.4) is 0 Å². The van der Waals surface area contributed by atoms with E-state index in [-0.39, 0.29) is 17.9 Å². The van der Waals surface area contributed by atoms with E-state index in [2.05, 4.69) is 5.32 Å². The average molecular weight is 290 g/mol. The van der Waals surface area contributed by atoms with Crippen LogP contribution >= 0.6 is 11.6 Å². The summed E-state index contributed by atoms with van der Waals surface area (Å²) in [6.07, 6.45) is 0.158. The molecule has 0 heterocycles. The van der Waals surface area contributed by atoms with E-state index in [0.29, 0.717) is 10.7 Å². The summed E-state index contributed by atoms with van der Waals surface area (Å²) in [6, 6.07) is 13.2. The van der Waals surface area contributed by atoms with E-state index < -0.39 is 5.97 Å². The van der Waals surface area contributed by atoms with Gasteiger partial charge in [-0.3, -0.25) is 4.79 Å². The molecule has 0 unspecified atom stereocenters. The monoisotopic (exact) mass is 289 g/mol. The van der Waals surface area contributed by atoms with Crippen LogP contribution in [0.1, 0.15) is 15.9 Å². The molecule has 0 bridgehead atoms. The Kier molecular flexibility index (Phi) is 4.38. The number of carbonyl (C=O) groups excluding carboxylic acids is 1. The highest BCUT2D eigenvalue weighted by Crippen LogP contribution is 2.16. The number of carboxylic acids is 1. The molecule has 0 atom stereocenters. The van der Waals surface area contributed by atoms with Gasteiger partial charge in [0.15, 0.2) is 0 Å². The number of carboxylic acid groups (broad SMARTS) is 1. The molecule has 0 aliphatic rings. The lowest BCUT2D eigenvalue weighted by molar-refractivity contribution is -0.115. The van der Waals surface area contributed by atoms with Crippen LogP contribution in [0.2, 0.25) is 5.02 Å². The fourth-order valence-electron chi connectivity index (χ4n) is 1.76. The Bertz CT molecular complexity index is 638. The normalized spacial score (nSPS) is 10.1. The zero-order chi connectivity index (χ0) is 14.5. The van der Waals surface area contributed by atoms with Gasteiger partial charge in [-0.25, -0.2) is 4.79 Å². The first-order valence-corrected chi connectivity index (χ1v) is 6.30. The first kappa shape index (κ1) is 14.1. The summed E-state index contributed by atoms with van der Waals surface area (Å²) >= 11 is 5.77. The van der Waals surface area contributed by atoms with Crippen LogP contribution in [-0.4, -0.2) is 17.0 Å². The summed E-state index contributed by atoms with van der Waals surface area (Å²) in [5, 5.41) is 12.2. The molecule has 0 spiro atoms. The van der Waals surface area contributed by atoms with Crippen molar-refractivity contribution in [3.8, 4) is 0 Å². The van der Waals surface area contributed by atoms with Gasteiger partial charge in [-0.1, -0.05) is 35.9 Å². The average Bonchev–Trinajstić information content (AvgIpc) is 2.41. The highest BCUT2D eigenvalue weighted by Gasteiger charge is 2.11. The minimum atomic E-state index is -1.08. The predicted molar refractivity (Wildman–Crippen MR) is 77.2 cm³/mol. The number of halogens is 1. The number of hydrogen-bond donors (Lipinski definition) is 2. The van der Waals surface area contributed by atoms with Crippen molar-refractivity contribution in [2.75, 3.05) is 5.32 Å². The van der Waals surface area contributed by atoms with Crippen LogP contribution in [-0.2, 0) is 11.2 Å². The number of amides is 1. The fraction of sp³-hybridized carbons (Fsp3) is 0.0667. The van der Waals surface area contributed by atoms with Crippen LogP contribution in [0.25, 0.3) is 0 Å². The van der Waals surface area contributed by atoms with Crippen molar-refractivity contribution in [1.29, 1.82) is 0 Å². The molecule has 0 aliphatic carbocycles. The molecule has 4 nitrogen and oxygen atoms in total. The van der Waals surface area contributed by atoms with Crippen LogP contribution < -0.4 is 5.32 Å². The lowest BCUT2D eigenvalue weighted by Gasteiger charge is -2.08. The number of aromatic carboxylic acids is 1. The highest BCUT2D eigenvalue weighted by molar-refractivity contribution is 6.30. The molecule has 2 N–H and O–H groups in total. The van der Waals surface area contributed by atoms with Gasteiger partial charge in [-0.05, 0) is 29.8 Å². The third kappa shape index (κ3) is 3.59. The van der Waals surface area contributed by atoms with Gasteiger partial charge < -0.3 is 10.4 Å². The Morgan fingerprint density at radius 3 is 2.35 bits per heavy atom. The molecule has 0 radical (unpaired) electrons. The van der Waals surface area contributed by atoms with Gasteiger partial charge in [-0.15, -0.1) is 0 Å². The zero-order valence-corrected chi connectivity index (χ0v) is 11.2. The van der Waals surface area contributed by atoms with Crippen molar-refractivity contribution in [1.82, 2.24) is 0 Å². The molecule has 1 amide bonds. The van der Waals surface area contributed by atoms with Crippen LogP contribution in [0.5, 0.6) is 0 Å². The van der Waals surface area contributed by atoms with E-state index in [4.69, 9.17) is 16.7 Å². The number of hydrogen-bond acceptors (Lipinski definition) is 2. The quantitative estimate of drug-likeness (QED) is 0.908. The van der Waals surface area contributed by atoms with Crippen molar-refractivity contribution in [3.63, 3.8) is 0 Å². The molecule has 2 rings (SSSR count). The lowest BCUT2D eigenvalue weighted by Crippen LogP contribution is -2.16. The van der Waals surface area contributed by atoms with Gasteiger partial charge >= 0.3 is 5.97 Å². The summed E-state index contributed by atoms with van der Waals surface area (Å²) in [5.74, 6) is -1.35. The summed E-state index contributed by atoms with van der Waals surface area (Å²) in [7, 11) is 0. The Labute approximate surface area is 121 Å². The second-order valence-electron chi connectivity index (χ2n) is 4.20. The lowest BCUT2D eigenvalue weighted by atomic mass is 10.1. The summed E-state index contributed by atoms with van der Waals surface area (Å²) < 4.78 is 0. The maximum atomic E-state index is 11.9. The third-order valence-corrected chi connectivity index (χ3v) is 2.96. The minimum Gasteiger partial charge on any atom is -0.478 e. The number of carbonyl (C=O) groups is 2. The fourth-order valence-corrected chi connectivity index (χ4v) is 1.89.